The van der Waals surface area contributed by atoms with Gasteiger partial charge in [-0.15, -0.1) is 0 Å². The number of H-pyrrole nitrogens is 2. The maximum atomic E-state index is 12.3. The van der Waals surface area contributed by atoms with E-state index >= 15 is 0 Å². The normalized spacial score (nSPS) is 12.7. The van der Waals surface area contributed by atoms with E-state index in [1.807, 2.05) is 48.5 Å². The SMILES string of the molecule is N[C@@H](Cc1c[nH]c2ccccc12)C(=O)NCC(=O)NCC(=O)N[C@@H](Cc1c[nH]c2ccccc12)C(=O)O. The molecule has 2 heterocycles. The largest absolute Gasteiger partial charge is 0.480 e. The van der Waals surface area contributed by atoms with Gasteiger partial charge in [-0.25, -0.2) is 4.79 Å². The molecule has 11 heteroatoms. The van der Waals surface area contributed by atoms with Crippen molar-refractivity contribution < 1.29 is 24.3 Å². The zero-order chi connectivity index (χ0) is 26.4. The number of fused-ring (bicyclic) bond motifs is 2. The van der Waals surface area contributed by atoms with Gasteiger partial charge in [0.05, 0.1) is 19.1 Å². The number of carbonyl (C=O) groups is 4. The lowest BCUT2D eigenvalue weighted by Crippen LogP contribution is -2.49. The van der Waals surface area contributed by atoms with Gasteiger partial charge in [0.1, 0.15) is 6.04 Å². The number of benzene rings is 2. The summed E-state index contributed by atoms with van der Waals surface area (Å²) in [7, 11) is 0. The minimum absolute atomic E-state index is 0.0728. The number of para-hydroxylation sites is 2. The molecule has 0 radical (unpaired) electrons. The van der Waals surface area contributed by atoms with Crippen LogP contribution in [0.3, 0.4) is 0 Å². The van der Waals surface area contributed by atoms with E-state index in [1.165, 1.54) is 0 Å². The Kier molecular flexibility index (Phi) is 7.84. The van der Waals surface area contributed by atoms with E-state index in [-0.39, 0.29) is 19.4 Å². The molecule has 37 heavy (non-hydrogen) atoms. The zero-order valence-electron chi connectivity index (χ0n) is 19.9. The molecule has 0 bridgehead atoms. The van der Waals surface area contributed by atoms with Gasteiger partial charge in [-0.1, -0.05) is 36.4 Å². The number of amides is 3. The molecule has 4 rings (SSSR count). The second kappa shape index (κ2) is 11.4. The summed E-state index contributed by atoms with van der Waals surface area (Å²) in [5.74, 6) is -2.97. The van der Waals surface area contributed by atoms with Gasteiger partial charge in [0.25, 0.3) is 0 Å². The van der Waals surface area contributed by atoms with E-state index in [9.17, 15) is 24.3 Å². The summed E-state index contributed by atoms with van der Waals surface area (Å²) in [4.78, 5) is 54.6. The van der Waals surface area contributed by atoms with Crippen LogP contribution in [0.15, 0.2) is 60.9 Å². The molecule has 2 aromatic carbocycles. The highest BCUT2D eigenvalue weighted by molar-refractivity contribution is 5.92. The lowest BCUT2D eigenvalue weighted by molar-refractivity contribution is -0.141. The van der Waals surface area contributed by atoms with Gasteiger partial charge in [-0.05, 0) is 29.7 Å². The van der Waals surface area contributed by atoms with Crippen LogP contribution in [0.25, 0.3) is 21.8 Å². The fraction of sp³-hybridized carbons (Fsp3) is 0.231. The Bertz CT molecular complexity index is 1440. The summed E-state index contributed by atoms with van der Waals surface area (Å²) in [6.45, 7) is -0.806. The van der Waals surface area contributed by atoms with Crippen LogP contribution in [0.4, 0.5) is 0 Å². The summed E-state index contributed by atoms with van der Waals surface area (Å²) in [5.41, 5.74) is 9.44. The highest BCUT2D eigenvalue weighted by Crippen LogP contribution is 2.20. The number of hydrogen-bond donors (Lipinski definition) is 7. The highest BCUT2D eigenvalue weighted by atomic mass is 16.4. The maximum absolute atomic E-state index is 12.3. The Labute approximate surface area is 211 Å². The van der Waals surface area contributed by atoms with Gasteiger partial charge in [0, 0.05) is 40.6 Å². The van der Waals surface area contributed by atoms with Gasteiger partial charge in [-0.2, -0.15) is 0 Å². The van der Waals surface area contributed by atoms with Crippen molar-refractivity contribution in [2.75, 3.05) is 13.1 Å². The molecular formula is C26H28N6O5. The van der Waals surface area contributed by atoms with Crippen molar-refractivity contribution in [3.05, 3.63) is 72.1 Å². The first-order valence-corrected chi connectivity index (χ1v) is 11.7. The Morgan fingerprint density at radius 3 is 1.92 bits per heavy atom. The third kappa shape index (κ3) is 6.33. The Balaban J connectivity index is 1.21. The molecule has 8 N–H and O–H groups in total. The first kappa shape index (κ1) is 25.5. The van der Waals surface area contributed by atoms with Crippen molar-refractivity contribution in [1.29, 1.82) is 0 Å². The number of carboxylic acids is 1. The fourth-order valence-electron chi connectivity index (χ4n) is 4.14. The number of aromatic nitrogens is 2. The van der Waals surface area contributed by atoms with Crippen LogP contribution in [0, 0.1) is 0 Å². The zero-order valence-corrected chi connectivity index (χ0v) is 19.9. The van der Waals surface area contributed by atoms with Crippen LogP contribution < -0.4 is 21.7 Å². The third-order valence-electron chi connectivity index (χ3n) is 6.05. The van der Waals surface area contributed by atoms with Gasteiger partial charge in [0.15, 0.2) is 0 Å². The number of aromatic amines is 2. The Hall–Kier alpha value is -4.64. The van der Waals surface area contributed by atoms with E-state index in [0.717, 1.165) is 32.9 Å². The van der Waals surface area contributed by atoms with E-state index in [1.54, 1.807) is 12.4 Å². The second-order valence-electron chi connectivity index (χ2n) is 8.69. The van der Waals surface area contributed by atoms with Crippen molar-refractivity contribution >= 4 is 45.5 Å². The fourth-order valence-corrected chi connectivity index (χ4v) is 4.14. The van der Waals surface area contributed by atoms with Crippen LogP contribution in [0.1, 0.15) is 11.1 Å². The second-order valence-corrected chi connectivity index (χ2v) is 8.69. The smallest absolute Gasteiger partial charge is 0.326 e. The molecule has 0 fully saturated rings. The molecule has 0 saturated carbocycles. The average molecular weight is 505 g/mol. The number of hydrogen-bond acceptors (Lipinski definition) is 5. The molecule has 2 atom stereocenters. The summed E-state index contributed by atoms with van der Waals surface area (Å²) >= 11 is 0. The van der Waals surface area contributed by atoms with Gasteiger partial charge in [-0.3, -0.25) is 14.4 Å². The number of carbonyl (C=O) groups excluding carboxylic acids is 3. The monoisotopic (exact) mass is 504 g/mol. The van der Waals surface area contributed by atoms with Gasteiger partial charge < -0.3 is 36.8 Å². The van der Waals surface area contributed by atoms with Crippen LogP contribution in [-0.2, 0) is 32.0 Å². The minimum Gasteiger partial charge on any atom is -0.480 e. The Morgan fingerprint density at radius 2 is 1.32 bits per heavy atom. The van der Waals surface area contributed by atoms with Gasteiger partial charge >= 0.3 is 5.97 Å². The Morgan fingerprint density at radius 1 is 0.784 bits per heavy atom. The first-order chi connectivity index (χ1) is 17.8. The maximum Gasteiger partial charge on any atom is 0.326 e. The number of rotatable bonds is 11. The van der Waals surface area contributed by atoms with Crippen LogP contribution in [0.2, 0.25) is 0 Å². The minimum atomic E-state index is -1.19. The van der Waals surface area contributed by atoms with Crippen molar-refractivity contribution in [2.24, 2.45) is 5.73 Å². The van der Waals surface area contributed by atoms with Crippen LogP contribution >= 0.6 is 0 Å². The third-order valence-corrected chi connectivity index (χ3v) is 6.05. The van der Waals surface area contributed by atoms with Crippen molar-refractivity contribution in [1.82, 2.24) is 25.9 Å². The summed E-state index contributed by atoms with van der Waals surface area (Å²) in [6.07, 6.45) is 3.86. The highest BCUT2D eigenvalue weighted by Gasteiger charge is 2.22. The molecule has 0 unspecified atom stereocenters. The summed E-state index contributed by atoms with van der Waals surface area (Å²) in [6, 6.07) is 13.1. The first-order valence-electron chi connectivity index (χ1n) is 11.7. The quantitative estimate of drug-likeness (QED) is 0.157. The van der Waals surface area contributed by atoms with Crippen molar-refractivity contribution in [3.63, 3.8) is 0 Å². The van der Waals surface area contributed by atoms with Crippen molar-refractivity contribution in [3.8, 4) is 0 Å². The molecule has 4 aromatic rings. The lowest BCUT2D eigenvalue weighted by atomic mass is 10.0. The molecule has 3 amide bonds. The predicted octanol–water partition coefficient (Wildman–Crippen LogP) is 0.564. The van der Waals surface area contributed by atoms with E-state index in [4.69, 9.17) is 5.73 Å². The predicted molar refractivity (Wildman–Crippen MR) is 138 cm³/mol. The standard InChI is InChI=1S/C26H28N6O5/c27-19(9-15-11-28-20-7-3-1-5-17(15)20)25(35)31-13-23(33)30-14-24(34)32-22(26(36)37)10-16-12-29-21-8-4-2-6-18(16)21/h1-8,11-12,19,22,28-29H,9-10,13-14,27H2,(H,30,33)(H,31,35)(H,32,34)(H,36,37)/t19-,22-/m0/s1. The summed E-state index contributed by atoms with van der Waals surface area (Å²) < 4.78 is 0. The molecule has 0 aliphatic rings. The summed E-state index contributed by atoms with van der Waals surface area (Å²) in [5, 5.41) is 18.6. The number of nitrogens with two attached hydrogens (primary N) is 1. The number of aliphatic carboxylic acids is 1. The molecule has 192 valence electrons. The molecule has 0 aliphatic carbocycles. The average Bonchev–Trinajstić information content (AvgIpc) is 3.49. The van der Waals surface area contributed by atoms with E-state index < -0.39 is 42.3 Å². The molecule has 0 aliphatic heterocycles. The topological polar surface area (TPSA) is 182 Å². The molecule has 0 saturated heterocycles. The van der Waals surface area contributed by atoms with Crippen molar-refractivity contribution in [2.45, 2.75) is 24.9 Å². The molecular weight excluding hydrogens is 476 g/mol. The number of carboxylic acid groups (broad SMARTS) is 1. The van der Waals surface area contributed by atoms with Crippen LogP contribution in [0.5, 0.6) is 0 Å². The van der Waals surface area contributed by atoms with Crippen LogP contribution in [-0.4, -0.2) is 63.9 Å². The lowest BCUT2D eigenvalue weighted by Gasteiger charge is -2.15. The van der Waals surface area contributed by atoms with E-state index in [2.05, 4.69) is 25.9 Å². The molecule has 0 spiro atoms. The molecule has 11 nitrogen and oxygen atoms in total. The number of nitrogens with one attached hydrogen (secondary N) is 5. The molecule has 2 aromatic heterocycles. The van der Waals surface area contributed by atoms with E-state index in [0.29, 0.717) is 0 Å². The van der Waals surface area contributed by atoms with Gasteiger partial charge in [0.2, 0.25) is 17.7 Å².